The van der Waals surface area contributed by atoms with Crippen molar-refractivity contribution in [1.82, 2.24) is 10.2 Å². The molecule has 10 heteroatoms. The van der Waals surface area contributed by atoms with Gasteiger partial charge in [-0.15, -0.1) is 0 Å². The summed E-state index contributed by atoms with van der Waals surface area (Å²) in [7, 11) is 0. The molecular weight excluding hydrogens is 607 g/mol. The molecule has 3 aromatic carbocycles. The lowest BCUT2D eigenvalue weighted by Crippen LogP contribution is -2.72. The van der Waals surface area contributed by atoms with Crippen LogP contribution in [0.3, 0.4) is 0 Å². The predicted molar refractivity (Wildman–Crippen MR) is 174 cm³/mol. The van der Waals surface area contributed by atoms with E-state index >= 15 is 0 Å². The van der Waals surface area contributed by atoms with Gasteiger partial charge in [-0.25, -0.2) is 0 Å². The molecule has 2 fully saturated rings. The lowest BCUT2D eigenvalue weighted by molar-refractivity contribution is -0.175. The molecule has 5 rings (SSSR count). The van der Waals surface area contributed by atoms with Crippen molar-refractivity contribution in [2.45, 2.75) is 75.7 Å². The first-order valence-corrected chi connectivity index (χ1v) is 16.3. The molecular formula is C37H44F3N3O4. The number of aliphatic carboxylic acids is 2. The molecule has 47 heavy (non-hydrogen) atoms. The zero-order valence-electron chi connectivity index (χ0n) is 26.8. The summed E-state index contributed by atoms with van der Waals surface area (Å²) in [6.07, 6.45) is -4.26. The van der Waals surface area contributed by atoms with E-state index in [4.69, 9.17) is 5.73 Å². The van der Waals surface area contributed by atoms with Crippen LogP contribution in [0.25, 0.3) is 0 Å². The van der Waals surface area contributed by atoms with E-state index in [0.717, 1.165) is 32.0 Å². The third-order valence-electron chi connectivity index (χ3n) is 11.2. The van der Waals surface area contributed by atoms with Crippen molar-refractivity contribution in [1.29, 1.82) is 0 Å². The molecule has 7 nitrogen and oxygen atoms in total. The Labute approximate surface area is 274 Å². The number of carboxylic acids is 2. The number of benzene rings is 3. The average Bonchev–Trinajstić information content (AvgIpc) is 3.06. The Bertz CT molecular complexity index is 1500. The molecule has 0 bridgehead atoms. The SMILES string of the molecule is CCC1(C(=O)O)C(N)NC(C)C(CCCN2CCC(c3ccccc3)(c3ccccc3)CC2)(C(=O)O)C1c1ccccc1C(F)(F)F. The second-order valence-electron chi connectivity index (χ2n) is 13.2. The highest BCUT2D eigenvalue weighted by Gasteiger charge is 2.67. The van der Waals surface area contributed by atoms with Crippen LogP contribution >= 0.6 is 0 Å². The Morgan fingerprint density at radius 3 is 1.87 bits per heavy atom. The average molecular weight is 652 g/mol. The molecule has 0 amide bonds. The summed E-state index contributed by atoms with van der Waals surface area (Å²) in [4.78, 5) is 28.8. The quantitative estimate of drug-likeness (QED) is 0.198. The van der Waals surface area contributed by atoms with Crippen molar-refractivity contribution < 1.29 is 33.0 Å². The molecule has 0 aromatic heterocycles. The monoisotopic (exact) mass is 651 g/mol. The number of carbonyl (C=O) groups is 2. The number of nitrogens with zero attached hydrogens (tertiary/aromatic N) is 1. The van der Waals surface area contributed by atoms with Gasteiger partial charge in [-0.05, 0) is 81.4 Å². The molecule has 252 valence electrons. The van der Waals surface area contributed by atoms with Gasteiger partial charge in [0.15, 0.2) is 0 Å². The van der Waals surface area contributed by atoms with Crippen LogP contribution in [0.1, 0.15) is 74.1 Å². The minimum atomic E-state index is -4.82. The van der Waals surface area contributed by atoms with Crippen LogP contribution in [0.4, 0.5) is 13.2 Å². The van der Waals surface area contributed by atoms with Crippen molar-refractivity contribution in [2.75, 3.05) is 19.6 Å². The minimum Gasteiger partial charge on any atom is -0.481 e. The maximum Gasteiger partial charge on any atom is 0.416 e. The predicted octanol–water partition coefficient (Wildman–Crippen LogP) is 6.48. The Balaban J connectivity index is 1.46. The van der Waals surface area contributed by atoms with Crippen molar-refractivity contribution in [3.8, 4) is 0 Å². The largest absolute Gasteiger partial charge is 0.481 e. The van der Waals surface area contributed by atoms with E-state index in [1.54, 1.807) is 13.8 Å². The van der Waals surface area contributed by atoms with Crippen molar-refractivity contribution in [3.63, 3.8) is 0 Å². The lowest BCUT2D eigenvalue weighted by atomic mass is 9.50. The fourth-order valence-corrected chi connectivity index (χ4v) is 8.64. The second-order valence-corrected chi connectivity index (χ2v) is 13.2. The van der Waals surface area contributed by atoms with Crippen LogP contribution in [0, 0.1) is 10.8 Å². The number of rotatable bonds is 10. The fraction of sp³-hybridized carbons (Fsp3) is 0.459. The van der Waals surface area contributed by atoms with Crippen molar-refractivity contribution >= 4 is 11.9 Å². The van der Waals surface area contributed by atoms with Gasteiger partial charge < -0.3 is 20.8 Å². The standard InChI is InChI=1S/C37H44F3N3O4/c1-3-35(32(44)45)30(28-17-10-11-18-29(28)37(38,39)40)36(33(46)47,25(2)42-31(35)41)19-12-22-43-23-20-34(21-24-43,26-13-6-4-7-14-26)27-15-8-5-9-16-27/h4-11,13-18,25,30-31,42H,3,12,19-24,41H2,1-2H3,(H,44,45)(H,46,47). The van der Waals surface area contributed by atoms with E-state index in [2.05, 4.69) is 34.5 Å². The van der Waals surface area contributed by atoms with Gasteiger partial charge in [0.25, 0.3) is 0 Å². The van der Waals surface area contributed by atoms with Crippen LogP contribution in [-0.4, -0.2) is 58.9 Å². The van der Waals surface area contributed by atoms with E-state index < -0.39 is 52.6 Å². The summed E-state index contributed by atoms with van der Waals surface area (Å²) >= 11 is 0. The zero-order valence-corrected chi connectivity index (χ0v) is 26.8. The van der Waals surface area contributed by atoms with Crippen LogP contribution in [0.15, 0.2) is 84.9 Å². The first-order chi connectivity index (χ1) is 22.3. The number of hydrogen-bond donors (Lipinski definition) is 4. The molecule has 3 aromatic rings. The van der Waals surface area contributed by atoms with Crippen LogP contribution < -0.4 is 11.1 Å². The third kappa shape index (κ3) is 5.96. The van der Waals surface area contributed by atoms with Crippen molar-refractivity contribution in [2.24, 2.45) is 16.6 Å². The Kier molecular flexibility index (Phi) is 9.87. The molecule has 2 aliphatic heterocycles. The summed E-state index contributed by atoms with van der Waals surface area (Å²) in [5.74, 6) is -4.31. The molecule has 0 radical (unpaired) electrons. The highest BCUT2D eigenvalue weighted by molar-refractivity contribution is 5.84. The fourth-order valence-electron chi connectivity index (χ4n) is 8.64. The maximum absolute atomic E-state index is 14.5. The van der Waals surface area contributed by atoms with E-state index in [1.165, 1.54) is 29.3 Å². The maximum atomic E-state index is 14.5. The molecule has 2 saturated heterocycles. The molecule has 2 aliphatic rings. The topological polar surface area (TPSA) is 116 Å². The highest BCUT2D eigenvalue weighted by Crippen LogP contribution is 2.59. The summed E-state index contributed by atoms with van der Waals surface area (Å²) in [6.45, 7) is 5.15. The van der Waals surface area contributed by atoms with E-state index in [1.807, 2.05) is 36.4 Å². The van der Waals surface area contributed by atoms with Gasteiger partial charge in [0, 0.05) is 17.4 Å². The number of alkyl halides is 3. The summed E-state index contributed by atoms with van der Waals surface area (Å²) < 4.78 is 43.4. The van der Waals surface area contributed by atoms with Gasteiger partial charge in [-0.1, -0.05) is 85.8 Å². The number of likely N-dealkylation sites (tertiary alicyclic amines) is 1. The molecule has 5 unspecified atom stereocenters. The molecule has 0 saturated carbocycles. The first-order valence-electron chi connectivity index (χ1n) is 16.3. The van der Waals surface area contributed by atoms with Gasteiger partial charge in [0.05, 0.1) is 17.1 Å². The second kappa shape index (κ2) is 13.4. The normalized spacial score (nSPS) is 28.1. The Morgan fingerprint density at radius 1 is 0.872 bits per heavy atom. The van der Waals surface area contributed by atoms with E-state index in [-0.39, 0.29) is 23.8 Å². The van der Waals surface area contributed by atoms with E-state index in [9.17, 15) is 33.0 Å². The number of nitrogens with two attached hydrogens (primary N) is 1. The lowest BCUT2D eigenvalue weighted by Gasteiger charge is -2.57. The number of carboxylic acid groups (broad SMARTS) is 2. The van der Waals surface area contributed by atoms with Gasteiger partial charge in [-0.3, -0.25) is 14.9 Å². The number of hydrogen-bond acceptors (Lipinski definition) is 5. The smallest absolute Gasteiger partial charge is 0.416 e. The zero-order chi connectivity index (χ0) is 34.0. The van der Waals surface area contributed by atoms with Gasteiger partial charge in [-0.2, -0.15) is 13.2 Å². The molecule has 5 atom stereocenters. The Morgan fingerprint density at radius 2 is 1.38 bits per heavy atom. The number of piperidine rings is 2. The van der Waals surface area contributed by atoms with Gasteiger partial charge >= 0.3 is 18.1 Å². The molecule has 0 aliphatic carbocycles. The first kappa shape index (κ1) is 34.6. The van der Waals surface area contributed by atoms with Gasteiger partial charge in [0.2, 0.25) is 0 Å². The molecule has 2 heterocycles. The molecule has 5 N–H and O–H groups in total. The number of halogens is 3. The van der Waals surface area contributed by atoms with Crippen LogP contribution in [0.5, 0.6) is 0 Å². The summed E-state index contributed by atoms with van der Waals surface area (Å²) in [5.41, 5.74) is 3.44. The van der Waals surface area contributed by atoms with Crippen LogP contribution in [0.2, 0.25) is 0 Å². The minimum absolute atomic E-state index is 0.0336. The molecule has 0 spiro atoms. The van der Waals surface area contributed by atoms with Crippen molar-refractivity contribution in [3.05, 3.63) is 107 Å². The van der Waals surface area contributed by atoms with Gasteiger partial charge in [0.1, 0.15) is 5.41 Å². The van der Waals surface area contributed by atoms with Crippen LogP contribution in [-0.2, 0) is 21.2 Å². The van der Waals surface area contributed by atoms with E-state index in [0.29, 0.717) is 13.0 Å². The summed E-state index contributed by atoms with van der Waals surface area (Å²) in [5, 5.41) is 24.6. The number of nitrogens with one attached hydrogen (secondary N) is 1. The Hall–Kier alpha value is -3.73. The summed E-state index contributed by atoms with van der Waals surface area (Å²) in [6, 6.07) is 24.6. The highest BCUT2D eigenvalue weighted by atomic mass is 19.4. The third-order valence-corrected chi connectivity index (χ3v) is 11.2.